The number of rotatable bonds is 4. The molecule has 0 spiro atoms. The fourth-order valence-corrected chi connectivity index (χ4v) is 1.50. The molecule has 1 N–H and O–H groups in total. The number of hydrogen-bond acceptors (Lipinski definition) is 3. The van der Waals surface area contributed by atoms with E-state index in [0.29, 0.717) is 19.4 Å². The molecule has 0 aromatic carbocycles. The average molecular weight is 194 g/mol. The van der Waals surface area contributed by atoms with Gasteiger partial charge in [-0.15, -0.1) is 11.3 Å². The number of carbonyl (C=O) groups is 1. The summed E-state index contributed by atoms with van der Waals surface area (Å²) in [5, 5.41) is 12.9. The van der Waals surface area contributed by atoms with E-state index in [9.17, 15) is 4.79 Å². The van der Waals surface area contributed by atoms with Crippen LogP contribution in [-0.4, -0.2) is 12.5 Å². The summed E-state index contributed by atoms with van der Waals surface area (Å²) in [6.07, 6.45) is 1.21. The van der Waals surface area contributed by atoms with Crippen molar-refractivity contribution in [1.29, 1.82) is 5.26 Å². The molecule has 3 nitrogen and oxygen atoms in total. The average Bonchev–Trinajstić information content (AvgIpc) is 2.65. The minimum atomic E-state index is -0.0482. The first-order valence-electron chi connectivity index (χ1n) is 4.03. The fourth-order valence-electron chi connectivity index (χ4n) is 0.864. The Hall–Kier alpha value is -1.34. The Morgan fingerprint density at radius 3 is 3.15 bits per heavy atom. The Balaban J connectivity index is 2.24. The lowest BCUT2D eigenvalue weighted by molar-refractivity contribution is 0.0957. The highest BCUT2D eigenvalue weighted by Crippen LogP contribution is 2.07. The zero-order chi connectivity index (χ0) is 9.52. The molecule has 1 aromatic rings. The zero-order valence-electron chi connectivity index (χ0n) is 7.12. The third kappa shape index (κ3) is 3.26. The van der Waals surface area contributed by atoms with Crippen LogP contribution in [0.3, 0.4) is 0 Å². The van der Waals surface area contributed by atoms with Crippen LogP contribution in [0.15, 0.2) is 17.5 Å². The van der Waals surface area contributed by atoms with Crippen LogP contribution in [0.25, 0.3) is 0 Å². The van der Waals surface area contributed by atoms with Crippen molar-refractivity contribution >= 4 is 17.2 Å². The highest BCUT2D eigenvalue weighted by molar-refractivity contribution is 7.12. The van der Waals surface area contributed by atoms with Crippen molar-refractivity contribution in [3.8, 4) is 6.07 Å². The molecule has 0 unspecified atom stereocenters. The number of nitriles is 1. The molecule has 0 aliphatic heterocycles. The van der Waals surface area contributed by atoms with Crippen LogP contribution in [-0.2, 0) is 0 Å². The van der Waals surface area contributed by atoms with Gasteiger partial charge in [0.25, 0.3) is 5.91 Å². The lowest BCUT2D eigenvalue weighted by atomic mass is 10.3. The minimum absolute atomic E-state index is 0.0482. The van der Waals surface area contributed by atoms with Crippen LogP contribution in [0.2, 0.25) is 0 Å². The van der Waals surface area contributed by atoms with E-state index >= 15 is 0 Å². The molecule has 1 rings (SSSR count). The monoisotopic (exact) mass is 194 g/mol. The summed E-state index contributed by atoms with van der Waals surface area (Å²) >= 11 is 1.42. The van der Waals surface area contributed by atoms with Crippen molar-refractivity contribution in [3.05, 3.63) is 22.4 Å². The number of amides is 1. The predicted octanol–water partition coefficient (Wildman–Crippen LogP) is 1.78. The highest BCUT2D eigenvalue weighted by Gasteiger charge is 2.03. The van der Waals surface area contributed by atoms with Gasteiger partial charge in [-0.05, 0) is 17.9 Å². The van der Waals surface area contributed by atoms with Crippen molar-refractivity contribution in [3.63, 3.8) is 0 Å². The Morgan fingerprint density at radius 1 is 1.69 bits per heavy atom. The van der Waals surface area contributed by atoms with Gasteiger partial charge in [0.2, 0.25) is 0 Å². The second-order valence-electron chi connectivity index (χ2n) is 2.49. The maximum absolute atomic E-state index is 11.3. The maximum atomic E-state index is 11.3. The summed E-state index contributed by atoms with van der Waals surface area (Å²) < 4.78 is 0. The molecule has 1 amide bonds. The Bertz CT molecular complexity index is 300. The summed E-state index contributed by atoms with van der Waals surface area (Å²) in [6, 6.07) is 5.65. The molecule has 13 heavy (non-hydrogen) atoms. The first-order valence-corrected chi connectivity index (χ1v) is 4.91. The molecule has 0 radical (unpaired) electrons. The molecule has 0 bridgehead atoms. The van der Waals surface area contributed by atoms with Crippen molar-refractivity contribution in [2.45, 2.75) is 12.8 Å². The molecule has 68 valence electrons. The summed E-state index contributed by atoms with van der Waals surface area (Å²) in [5.41, 5.74) is 0. The van der Waals surface area contributed by atoms with Crippen LogP contribution in [0.4, 0.5) is 0 Å². The lowest BCUT2D eigenvalue weighted by Crippen LogP contribution is -2.23. The molecule has 1 heterocycles. The molecule has 4 heteroatoms. The Kier molecular flexibility index (Phi) is 4.00. The summed E-state index contributed by atoms with van der Waals surface area (Å²) in [6.45, 7) is 0.574. The topological polar surface area (TPSA) is 52.9 Å². The highest BCUT2D eigenvalue weighted by atomic mass is 32.1. The van der Waals surface area contributed by atoms with E-state index in [-0.39, 0.29) is 5.91 Å². The number of carbonyl (C=O) groups excluding carboxylic acids is 1. The molecule has 0 fully saturated rings. The molecule has 0 aliphatic carbocycles. The van der Waals surface area contributed by atoms with Crippen molar-refractivity contribution in [1.82, 2.24) is 5.32 Å². The van der Waals surface area contributed by atoms with Crippen LogP contribution in [0.5, 0.6) is 0 Å². The third-order valence-corrected chi connectivity index (χ3v) is 2.36. The van der Waals surface area contributed by atoms with Gasteiger partial charge in [0.05, 0.1) is 10.9 Å². The largest absolute Gasteiger partial charge is 0.351 e. The van der Waals surface area contributed by atoms with Crippen molar-refractivity contribution in [2.24, 2.45) is 0 Å². The normalized spacial score (nSPS) is 9.15. The molecule has 0 saturated carbocycles. The minimum Gasteiger partial charge on any atom is -0.351 e. The smallest absolute Gasteiger partial charge is 0.261 e. The predicted molar refractivity (Wildman–Crippen MR) is 51.5 cm³/mol. The van der Waals surface area contributed by atoms with Crippen LogP contribution in [0, 0.1) is 11.3 Å². The van der Waals surface area contributed by atoms with Crippen LogP contribution >= 0.6 is 11.3 Å². The lowest BCUT2D eigenvalue weighted by Gasteiger charge is -1.99. The maximum Gasteiger partial charge on any atom is 0.261 e. The summed E-state index contributed by atoms with van der Waals surface area (Å²) in [4.78, 5) is 12.0. The van der Waals surface area contributed by atoms with E-state index in [1.807, 2.05) is 17.5 Å². The van der Waals surface area contributed by atoms with Gasteiger partial charge in [-0.25, -0.2) is 0 Å². The van der Waals surface area contributed by atoms with E-state index in [2.05, 4.69) is 5.32 Å². The van der Waals surface area contributed by atoms with E-state index in [0.717, 1.165) is 4.88 Å². The molecule has 0 aliphatic rings. The Morgan fingerprint density at radius 2 is 2.54 bits per heavy atom. The SMILES string of the molecule is N#CCCCNC(=O)c1cccs1. The number of unbranched alkanes of at least 4 members (excludes halogenated alkanes) is 1. The van der Waals surface area contributed by atoms with Gasteiger partial charge in [0.1, 0.15) is 0 Å². The number of hydrogen-bond donors (Lipinski definition) is 1. The van der Waals surface area contributed by atoms with Gasteiger partial charge in [-0.2, -0.15) is 5.26 Å². The zero-order valence-corrected chi connectivity index (χ0v) is 7.93. The van der Waals surface area contributed by atoms with Gasteiger partial charge in [-0.3, -0.25) is 4.79 Å². The summed E-state index contributed by atoms with van der Waals surface area (Å²) in [5.74, 6) is -0.0482. The fraction of sp³-hybridized carbons (Fsp3) is 0.333. The summed E-state index contributed by atoms with van der Waals surface area (Å²) in [7, 11) is 0. The van der Waals surface area contributed by atoms with Crippen LogP contribution in [0.1, 0.15) is 22.5 Å². The quantitative estimate of drug-likeness (QED) is 0.743. The number of nitrogens with zero attached hydrogens (tertiary/aromatic N) is 1. The van der Waals surface area contributed by atoms with E-state index in [4.69, 9.17) is 5.26 Å². The Labute approximate surface area is 81.0 Å². The van der Waals surface area contributed by atoms with Crippen molar-refractivity contribution in [2.75, 3.05) is 6.54 Å². The van der Waals surface area contributed by atoms with Crippen LogP contribution < -0.4 is 5.32 Å². The second-order valence-corrected chi connectivity index (χ2v) is 3.44. The first kappa shape index (κ1) is 9.75. The first-order chi connectivity index (χ1) is 6.34. The van der Waals surface area contributed by atoms with Crippen molar-refractivity contribution < 1.29 is 4.79 Å². The van der Waals surface area contributed by atoms with Gasteiger partial charge < -0.3 is 5.32 Å². The van der Waals surface area contributed by atoms with Gasteiger partial charge in [-0.1, -0.05) is 6.07 Å². The van der Waals surface area contributed by atoms with E-state index in [1.165, 1.54) is 11.3 Å². The number of thiophene rings is 1. The standard InChI is InChI=1S/C9H10N2OS/c10-5-1-2-6-11-9(12)8-4-3-7-13-8/h3-4,7H,1-2,6H2,(H,11,12). The third-order valence-electron chi connectivity index (χ3n) is 1.50. The molecular formula is C9H10N2OS. The molecular weight excluding hydrogens is 184 g/mol. The molecule has 0 saturated heterocycles. The molecule has 0 atom stereocenters. The van der Waals surface area contributed by atoms with Gasteiger partial charge >= 0.3 is 0 Å². The number of nitrogens with one attached hydrogen (secondary N) is 1. The van der Waals surface area contributed by atoms with Gasteiger partial charge in [0.15, 0.2) is 0 Å². The van der Waals surface area contributed by atoms with Gasteiger partial charge in [0, 0.05) is 13.0 Å². The van der Waals surface area contributed by atoms with E-state index in [1.54, 1.807) is 6.07 Å². The second kappa shape index (κ2) is 5.33. The van der Waals surface area contributed by atoms with E-state index < -0.39 is 0 Å². The molecule has 1 aromatic heterocycles.